The number of halogens is 2. The molecule has 0 amide bonds. The summed E-state index contributed by atoms with van der Waals surface area (Å²) < 4.78 is 21.1. The van der Waals surface area contributed by atoms with E-state index in [1.807, 2.05) is 36.4 Å². The Morgan fingerprint density at radius 3 is 1.80 bits per heavy atom. The normalized spacial score (nSPS) is 19.7. The molecule has 6 aromatic carbocycles. The Hall–Kier alpha value is -3.81. The van der Waals surface area contributed by atoms with Crippen molar-refractivity contribution in [2.24, 2.45) is 0 Å². The van der Waals surface area contributed by atoms with Gasteiger partial charge in [0.25, 0.3) is 0 Å². The van der Waals surface area contributed by atoms with Crippen LogP contribution >= 0.6 is 23.9 Å². The van der Waals surface area contributed by atoms with Crippen molar-refractivity contribution in [2.45, 2.75) is 63.3 Å². The lowest BCUT2D eigenvalue weighted by Gasteiger charge is -2.42. The number of fused-ring (bicyclic) bond motifs is 3. The number of carbonyl (C=O) groups is 1. The molecule has 1 saturated carbocycles. The maximum absolute atomic E-state index is 16.5. The zero-order valence-electron chi connectivity index (χ0n) is 28.3. The fraction of sp³-hybridized carbons (Fsp3) is 0.233. The van der Waals surface area contributed by atoms with E-state index in [-0.39, 0.29) is 24.3 Å². The van der Waals surface area contributed by atoms with Gasteiger partial charge in [-0.25, -0.2) is 4.39 Å². The number of hydrogen-bond acceptors (Lipinski definition) is 5. The van der Waals surface area contributed by atoms with Gasteiger partial charge in [0.2, 0.25) is 0 Å². The molecule has 0 bridgehead atoms. The zero-order chi connectivity index (χ0) is 35.0. The molecule has 0 radical (unpaired) electrons. The highest BCUT2D eigenvalue weighted by Crippen LogP contribution is 2.66. The van der Waals surface area contributed by atoms with Gasteiger partial charge in [0, 0.05) is 22.0 Å². The van der Waals surface area contributed by atoms with Gasteiger partial charge in [0.15, 0.2) is 13.7 Å². The van der Waals surface area contributed by atoms with Gasteiger partial charge in [-0.05, 0) is 63.7 Å². The van der Waals surface area contributed by atoms with E-state index in [4.69, 9.17) is 0 Å². The standard InChI is InChI=1S/C43H40BrFN3O2P/c44-35-25-23-32(24-26-35)43(49)27-40(38-19-5-6-20-39(38)45)46-51(50)47(28-33-15-9-13-30-11-1-3-17-36(30)33)41-21-7-8-22-42(41)48(51)29-34-16-10-14-31-12-2-4-18-37(31)34/h1-6,9-20,23-26,40-42H,7-8,21-22,27-29H2,(H,46,50)/t40-,41-,42-/m1/s1. The van der Waals surface area contributed by atoms with Crippen LogP contribution in [0.5, 0.6) is 0 Å². The third kappa shape index (κ3) is 6.80. The van der Waals surface area contributed by atoms with E-state index in [2.05, 4.69) is 91.0 Å². The van der Waals surface area contributed by atoms with Gasteiger partial charge in [-0.2, -0.15) is 5.09 Å². The van der Waals surface area contributed by atoms with Crippen LogP contribution < -0.4 is 9.98 Å². The molecule has 51 heavy (non-hydrogen) atoms. The van der Waals surface area contributed by atoms with Crippen molar-refractivity contribution < 1.29 is 14.1 Å². The molecule has 1 N–H and O–H groups in total. The first-order chi connectivity index (χ1) is 24.9. The molecule has 3 atom stereocenters. The van der Waals surface area contributed by atoms with Crippen LogP contribution in [-0.2, 0) is 13.1 Å². The largest absolute Gasteiger partial charge is 0.636 e. The monoisotopic (exact) mass is 759 g/mol. The van der Waals surface area contributed by atoms with Crippen molar-refractivity contribution in [2.75, 3.05) is 0 Å². The van der Waals surface area contributed by atoms with Gasteiger partial charge in [-0.3, -0.25) is 4.79 Å². The first-order valence-corrected chi connectivity index (χ1v) is 20.2. The first kappa shape index (κ1) is 34.3. The van der Waals surface area contributed by atoms with Crippen LogP contribution in [0.2, 0.25) is 0 Å². The average Bonchev–Trinajstić information content (AvgIpc) is 3.38. The van der Waals surface area contributed by atoms with E-state index >= 15 is 9.28 Å². The van der Waals surface area contributed by atoms with Crippen LogP contribution in [0.15, 0.2) is 138 Å². The Morgan fingerprint density at radius 1 is 0.725 bits per heavy atom. The number of Topliss-reactive ketones (excluding diaryl/α,β-unsaturated/α-hetero) is 1. The number of ketones is 1. The molecular formula is C43H40BrFN3O2P. The highest BCUT2D eigenvalue weighted by atomic mass is 79.9. The van der Waals surface area contributed by atoms with Gasteiger partial charge in [-0.1, -0.05) is 144 Å². The highest BCUT2D eigenvalue weighted by molar-refractivity contribution is 9.10. The molecule has 258 valence electrons. The molecule has 0 aromatic heterocycles. The lowest BCUT2D eigenvalue weighted by Crippen LogP contribution is -2.45. The molecule has 6 aromatic rings. The molecule has 1 aliphatic carbocycles. The number of carbonyl (C=O) groups excluding carboxylic acids is 1. The Labute approximate surface area is 307 Å². The van der Waals surface area contributed by atoms with E-state index in [1.54, 1.807) is 30.3 Å². The van der Waals surface area contributed by atoms with E-state index in [9.17, 15) is 4.79 Å². The second-order valence-corrected chi connectivity index (χ2v) is 17.1. The summed E-state index contributed by atoms with van der Waals surface area (Å²) in [6.45, 7) is 0.924. The van der Waals surface area contributed by atoms with E-state index < -0.39 is 19.8 Å². The Bertz CT molecular complexity index is 2090. The summed E-state index contributed by atoms with van der Waals surface area (Å²) in [5.74, 6) is -0.573. The Balaban J connectivity index is 1.26. The highest BCUT2D eigenvalue weighted by Gasteiger charge is 2.60. The number of nitrogens with zero attached hydrogens (tertiary/aromatic N) is 2. The molecule has 2 fully saturated rings. The van der Waals surface area contributed by atoms with Crippen LogP contribution in [0.4, 0.5) is 4.39 Å². The van der Waals surface area contributed by atoms with Crippen molar-refractivity contribution >= 4 is 51.2 Å². The second-order valence-electron chi connectivity index (χ2n) is 13.8. The topological polar surface area (TPSA) is 58.6 Å². The number of rotatable bonds is 10. The van der Waals surface area contributed by atoms with Crippen molar-refractivity contribution in [3.8, 4) is 0 Å². The number of benzene rings is 6. The molecule has 2 aliphatic rings. The fourth-order valence-electron chi connectivity index (χ4n) is 8.25. The van der Waals surface area contributed by atoms with Crippen LogP contribution in [0, 0.1) is 5.82 Å². The second kappa shape index (κ2) is 14.7. The summed E-state index contributed by atoms with van der Waals surface area (Å²) in [6, 6.07) is 42.3. The zero-order valence-corrected chi connectivity index (χ0v) is 30.8. The molecule has 1 saturated heterocycles. The summed E-state index contributed by atoms with van der Waals surface area (Å²) in [7, 11) is -3.69. The van der Waals surface area contributed by atoms with Gasteiger partial charge < -0.3 is 4.89 Å². The van der Waals surface area contributed by atoms with Crippen LogP contribution in [0.1, 0.15) is 65.2 Å². The SMILES string of the molecule is O=C(C[C@@H](N[P+]1([O-])N(Cc2cccc3ccccc23)[C@@H]2CCCC[C@H]2N1Cc1cccc2ccccc12)c1ccccc1F)c1ccc(Br)cc1. The fourth-order valence-corrected chi connectivity index (χ4v) is 11.8. The van der Waals surface area contributed by atoms with Gasteiger partial charge >= 0.3 is 0 Å². The quantitative estimate of drug-likeness (QED) is 0.111. The summed E-state index contributed by atoms with van der Waals surface area (Å²) in [5.41, 5.74) is 3.06. The molecular weight excluding hydrogens is 720 g/mol. The van der Waals surface area contributed by atoms with Crippen molar-refractivity contribution in [1.29, 1.82) is 0 Å². The van der Waals surface area contributed by atoms with E-state index in [1.165, 1.54) is 6.07 Å². The summed E-state index contributed by atoms with van der Waals surface area (Å²) in [4.78, 5) is 30.4. The van der Waals surface area contributed by atoms with E-state index in [0.717, 1.165) is 62.8 Å². The number of hydrogen-bond donors (Lipinski definition) is 1. The Morgan fingerprint density at radius 2 is 1.24 bits per heavy atom. The van der Waals surface area contributed by atoms with Crippen LogP contribution in [0.3, 0.4) is 0 Å². The molecule has 0 unspecified atom stereocenters. The lowest BCUT2D eigenvalue weighted by atomic mass is 9.89. The van der Waals surface area contributed by atoms with Gasteiger partial charge in [-0.15, -0.1) is 9.34 Å². The predicted octanol–water partition coefficient (Wildman–Crippen LogP) is 10.2. The molecule has 1 heterocycles. The smallest absolute Gasteiger partial charge is 0.184 e. The molecule has 8 rings (SSSR count). The first-order valence-electron chi connectivity index (χ1n) is 17.8. The minimum Gasteiger partial charge on any atom is -0.636 e. The van der Waals surface area contributed by atoms with Crippen molar-refractivity contribution in [3.05, 3.63) is 166 Å². The van der Waals surface area contributed by atoms with E-state index in [0.29, 0.717) is 24.2 Å². The van der Waals surface area contributed by atoms with Gasteiger partial charge in [0.05, 0.1) is 31.2 Å². The summed E-state index contributed by atoms with van der Waals surface area (Å²) in [5, 5.41) is 8.11. The maximum atomic E-state index is 16.5. The van der Waals surface area contributed by atoms with Crippen molar-refractivity contribution in [1.82, 2.24) is 14.4 Å². The van der Waals surface area contributed by atoms with Crippen molar-refractivity contribution in [3.63, 3.8) is 0 Å². The van der Waals surface area contributed by atoms with Gasteiger partial charge in [0.1, 0.15) is 5.82 Å². The lowest BCUT2D eigenvalue weighted by molar-refractivity contribution is -0.196. The average molecular weight is 761 g/mol. The number of nitrogens with one attached hydrogen (secondary N) is 1. The van der Waals surface area contributed by atoms with Crippen LogP contribution in [-0.4, -0.2) is 27.2 Å². The predicted molar refractivity (Wildman–Crippen MR) is 207 cm³/mol. The maximum Gasteiger partial charge on any atom is 0.184 e. The summed E-state index contributed by atoms with van der Waals surface area (Å²) in [6.07, 6.45) is 3.87. The third-order valence-corrected chi connectivity index (χ3v) is 14.2. The third-order valence-electron chi connectivity index (χ3n) is 10.7. The summed E-state index contributed by atoms with van der Waals surface area (Å²) >= 11 is 3.46. The molecule has 0 spiro atoms. The minimum absolute atomic E-state index is 0.0227. The minimum atomic E-state index is -3.69. The molecule has 1 aliphatic heterocycles. The van der Waals surface area contributed by atoms with Crippen LogP contribution in [0.25, 0.3) is 21.5 Å². The Kier molecular flexibility index (Phi) is 9.86. The molecule has 5 nitrogen and oxygen atoms in total. The molecule has 8 heteroatoms.